The molecule has 0 aromatic heterocycles. The van der Waals surface area contributed by atoms with Crippen molar-refractivity contribution in [2.24, 2.45) is 5.92 Å². The van der Waals surface area contributed by atoms with Crippen LogP contribution in [0.15, 0.2) is 72.8 Å². The van der Waals surface area contributed by atoms with E-state index in [-0.39, 0.29) is 41.9 Å². The Kier molecular flexibility index (Phi) is 10.9. The topological polar surface area (TPSA) is 117 Å². The van der Waals surface area contributed by atoms with E-state index < -0.39 is 16.0 Å². The zero-order valence-corrected chi connectivity index (χ0v) is 26.9. The molecule has 3 aromatic carbocycles. The summed E-state index contributed by atoms with van der Waals surface area (Å²) in [6.07, 6.45) is -1.01. The Labute approximate surface area is 276 Å². The zero-order valence-electron chi connectivity index (χ0n) is 24.7. The molecule has 0 bridgehead atoms. The van der Waals surface area contributed by atoms with Crippen molar-refractivity contribution in [2.45, 2.75) is 42.4 Å². The summed E-state index contributed by atoms with van der Waals surface area (Å²) >= 11 is 16.9. The van der Waals surface area contributed by atoms with Gasteiger partial charge in [0.25, 0.3) is 15.4 Å². The van der Waals surface area contributed by atoms with Crippen molar-refractivity contribution >= 4 is 52.1 Å². The number of piperazine rings is 1. The molecule has 4 atom stereocenters. The lowest BCUT2D eigenvalue weighted by molar-refractivity contribution is -0.384. The molecule has 3 aromatic rings. The second kappa shape index (κ2) is 14.6. The monoisotopic (exact) mass is 676 g/mol. The Morgan fingerprint density at radius 1 is 0.933 bits per heavy atom. The number of nitro benzene ring substituents is 1. The fraction of sp³-hybridized carbons (Fsp3) is 0.406. The van der Waals surface area contributed by atoms with Crippen LogP contribution in [0.2, 0.25) is 0 Å². The standard InChI is InChI=1S/C32H35Cl3N4O6/c1-21-28(19-37-14-16-38(17-15-37)26-10-12-27(13-11-26)39(42)43)44-30(45-29(21)24-6-4-23(20-40)5-7-24)25-8-2-22(3-9-25)18-36-31(41)32(33,34)35/h2-13,21,28-30,40H,14-20H2,1H3,(H,36,41). The van der Waals surface area contributed by atoms with Crippen molar-refractivity contribution in [1.29, 1.82) is 0 Å². The van der Waals surface area contributed by atoms with Crippen LogP contribution >= 0.6 is 34.8 Å². The molecule has 1 amide bonds. The molecule has 0 spiro atoms. The van der Waals surface area contributed by atoms with Crippen molar-refractivity contribution in [3.63, 3.8) is 0 Å². The third-order valence-corrected chi connectivity index (χ3v) is 8.84. The predicted molar refractivity (Wildman–Crippen MR) is 173 cm³/mol. The molecule has 240 valence electrons. The summed E-state index contributed by atoms with van der Waals surface area (Å²) in [4.78, 5) is 27.2. The number of aliphatic hydroxyl groups is 1. The van der Waals surface area contributed by atoms with Gasteiger partial charge in [0.05, 0.1) is 23.7 Å². The number of hydrogen-bond acceptors (Lipinski definition) is 8. The number of non-ortho nitro benzene ring substituents is 1. The Hall–Kier alpha value is -2.96. The SMILES string of the molecule is CC1C(CN2CCN(c3ccc([N+](=O)[O-])cc3)CC2)OC(c2ccc(CNC(=O)C(Cl)(Cl)Cl)cc2)OC1c1ccc(CO)cc1. The highest BCUT2D eigenvalue weighted by molar-refractivity contribution is 6.76. The summed E-state index contributed by atoms with van der Waals surface area (Å²) in [5.41, 5.74) is 4.55. The number of halogens is 3. The van der Waals surface area contributed by atoms with Crippen LogP contribution in [0.4, 0.5) is 11.4 Å². The Morgan fingerprint density at radius 2 is 1.53 bits per heavy atom. The van der Waals surface area contributed by atoms with Crippen LogP contribution < -0.4 is 10.2 Å². The summed E-state index contributed by atoms with van der Waals surface area (Å²) in [6, 6.07) is 22.0. The van der Waals surface area contributed by atoms with Crippen molar-refractivity contribution in [1.82, 2.24) is 10.2 Å². The maximum absolute atomic E-state index is 11.9. The number of nitro groups is 1. The van der Waals surface area contributed by atoms with Crippen LogP contribution in [0.5, 0.6) is 0 Å². The molecule has 2 saturated heterocycles. The third kappa shape index (κ3) is 8.45. The van der Waals surface area contributed by atoms with E-state index in [1.807, 2.05) is 48.5 Å². The van der Waals surface area contributed by atoms with Crippen LogP contribution in [0.25, 0.3) is 0 Å². The number of alkyl halides is 3. The van der Waals surface area contributed by atoms with Gasteiger partial charge in [-0.15, -0.1) is 0 Å². The second-order valence-electron chi connectivity index (χ2n) is 11.3. The molecular formula is C32H35Cl3N4O6. The summed E-state index contributed by atoms with van der Waals surface area (Å²) in [6.45, 7) is 6.23. The molecule has 13 heteroatoms. The molecular weight excluding hydrogens is 643 g/mol. The van der Waals surface area contributed by atoms with E-state index in [2.05, 4.69) is 22.0 Å². The van der Waals surface area contributed by atoms with Gasteiger partial charge in [0, 0.05) is 68.6 Å². The highest BCUT2D eigenvalue weighted by Gasteiger charge is 2.39. The normalized spacial score (nSPS) is 22.6. The van der Waals surface area contributed by atoms with E-state index >= 15 is 0 Å². The largest absolute Gasteiger partial charge is 0.392 e. The lowest BCUT2D eigenvalue weighted by Gasteiger charge is -2.44. The first-order valence-electron chi connectivity index (χ1n) is 14.7. The number of hydrogen-bond donors (Lipinski definition) is 2. The Bertz CT molecular complexity index is 1450. The lowest BCUT2D eigenvalue weighted by Crippen LogP contribution is -2.51. The summed E-state index contributed by atoms with van der Waals surface area (Å²) in [5.74, 6) is -0.665. The van der Waals surface area contributed by atoms with Crippen LogP contribution in [0.3, 0.4) is 0 Å². The molecule has 0 radical (unpaired) electrons. The molecule has 2 fully saturated rings. The third-order valence-electron chi connectivity index (χ3n) is 8.32. The van der Waals surface area contributed by atoms with Crippen molar-refractivity contribution in [3.8, 4) is 0 Å². The highest BCUT2D eigenvalue weighted by atomic mass is 35.6. The molecule has 0 aliphatic carbocycles. The Morgan fingerprint density at radius 3 is 2.11 bits per heavy atom. The number of nitrogens with zero attached hydrogens (tertiary/aromatic N) is 3. The fourth-order valence-corrected chi connectivity index (χ4v) is 5.83. The minimum absolute atomic E-state index is 0.0317. The van der Waals surface area contributed by atoms with Gasteiger partial charge in [0.15, 0.2) is 6.29 Å². The van der Waals surface area contributed by atoms with E-state index in [1.54, 1.807) is 24.3 Å². The molecule has 2 aliphatic rings. The average molecular weight is 678 g/mol. The number of ether oxygens (including phenoxy) is 2. The fourth-order valence-electron chi connectivity index (χ4n) is 5.63. The lowest BCUT2D eigenvalue weighted by atomic mass is 9.90. The molecule has 45 heavy (non-hydrogen) atoms. The van der Waals surface area contributed by atoms with Gasteiger partial charge in [0.1, 0.15) is 0 Å². The minimum atomic E-state index is -2.03. The molecule has 2 N–H and O–H groups in total. The average Bonchev–Trinajstić information content (AvgIpc) is 3.05. The van der Waals surface area contributed by atoms with Crippen LogP contribution in [0, 0.1) is 16.0 Å². The summed E-state index contributed by atoms with van der Waals surface area (Å²) < 4.78 is 11.1. The number of amides is 1. The number of carbonyl (C=O) groups excluding carboxylic acids is 1. The van der Waals surface area contributed by atoms with E-state index in [4.69, 9.17) is 44.3 Å². The number of aliphatic hydroxyl groups excluding tert-OH is 1. The zero-order chi connectivity index (χ0) is 32.1. The van der Waals surface area contributed by atoms with Gasteiger partial charge in [-0.05, 0) is 28.8 Å². The second-order valence-corrected chi connectivity index (χ2v) is 13.6. The summed E-state index contributed by atoms with van der Waals surface area (Å²) in [5, 5.41) is 23.2. The van der Waals surface area contributed by atoms with E-state index in [0.717, 1.165) is 54.1 Å². The van der Waals surface area contributed by atoms with Gasteiger partial charge in [0.2, 0.25) is 0 Å². The van der Waals surface area contributed by atoms with Gasteiger partial charge < -0.3 is 24.8 Å². The number of rotatable bonds is 9. The van der Waals surface area contributed by atoms with E-state index in [9.17, 15) is 20.0 Å². The maximum atomic E-state index is 11.9. The number of benzene rings is 3. The minimum Gasteiger partial charge on any atom is -0.392 e. The smallest absolute Gasteiger partial charge is 0.272 e. The maximum Gasteiger partial charge on any atom is 0.272 e. The first-order chi connectivity index (χ1) is 21.5. The predicted octanol–water partition coefficient (Wildman–Crippen LogP) is 5.69. The van der Waals surface area contributed by atoms with Gasteiger partial charge in [-0.3, -0.25) is 19.8 Å². The van der Waals surface area contributed by atoms with Gasteiger partial charge in [-0.1, -0.05) is 90.3 Å². The number of carbonyl (C=O) groups is 1. The first-order valence-corrected chi connectivity index (χ1v) is 15.8. The van der Waals surface area contributed by atoms with Crippen LogP contribution in [0.1, 0.15) is 41.6 Å². The van der Waals surface area contributed by atoms with Crippen molar-refractivity contribution in [2.75, 3.05) is 37.6 Å². The highest BCUT2D eigenvalue weighted by Crippen LogP contribution is 2.42. The van der Waals surface area contributed by atoms with E-state index in [0.29, 0.717) is 6.54 Å². The van der Waals surface area contributed by atoms with Gasteiger partial charge in [-0.2, -0.15) is 0 Å². The number of nitrogens with one attached hydrogen (secondary N) is 1. The molecule has 2 aliphatic heterocycles. The molecule has 2 heterocycles. The molecule has 4 unspecified atom stereocenters. The summed E-state index contributed by atoms with van der Waals surface area (Å²) in [7, 11) is 0. The van der Waals surface area contributed by atoms with Crippen molar-refractivity contribution in [3.05, 3.63) is 105 Å². The Balaban J connectivity index is 1.27. The van der Waals surface area contributed by atoms with Crippen molar-refractivity contribution < 1.29 is 24.3 Å². The number of anilines is 1. The first kappa shape index (κ1) is 33.4. The quantitative estimate of drug-likeness (QED) is 0.169. The molecule has 0 saturated carbocycles. The van der Waals surface area contributed by atoms with E-state index in [1.165, 1.54) is 0 Å². The molecule has 10 nitrogen and oxygen atoms in total. The van der Waals surface area contributed by atoms with Crippen LogP contribution in [-0.4, -0.2) is 63.5 Å². The van der Waals surface area contributed by atoms with Crippen LogP contribution in [-0.2, 0) is 27.4 Å². The van der Waals surface area contributed by atoms with Gasteiger partial charge >= 0.3 is 0 Å². The molecule has 5 rings (SSSR count). The van der Waals surface area contributed by atoms with Gasteiger partial charge in [-0.25, -0.2) is 0 Å².